The van der Waals surface area contributed by atoms with E-state index in [1.165, 1.54) is 32.1 Å². The van der Waals surface area contributed by atoms with Crippen LogP contribution in [0.25, 0.3) is 0 Å². The number of carbonyl (C=O) groups is 1. The van der Waals surface area contributed by atoms with Gasteiger partial charge < -0.3 is 20.3 Å². The Morgan fingerprint density at radius 2 is 1.52 bits per heavy atom. The summed E-state index contributed by atoms with van der Waals surface area (Å²) >= 11 is 0. The van der Waals surface area contributed by atoms with E-state index in [-0.39, 0.29) is 17.3 Å². The monoisotopic (exact) mass is 431 g/mol. The van der Waals surface area contributed by atoms with Gasteiger partial charge in [0.15, 0.2) is 0 Å². The Kier molecular flexibility index (Phi) is 7.64. The minimum atomic E-state index is -0.395. The van der Waals surface area contributed by atoms with Crippen LogP contribution in [0.4, 0.5) is 11.4 Å². The second-order valence-electron chi connectivity index (χ2n) is 9.63. The number of amides is 1. The van der Waals surface area contributed by atoms with Crippen LogP contribution < -0.4 is 26.4 Å². The smallest absolute Gasteiger partial charge is 0.253 e. The molecular formula is C24H37N3O4. The van der Waals surface area contributed by atoms with Gasteiger partial charge in [0, 0.05) is 31.6 Å². The van der Waals surface area contributed by atoms with Crippen molar-refractivity contribution in [1.82, 2.24) is 5.32 Å². The fourth-order valence-electron chi connectivity index (χ4n) is 5.43. The quantitative estimate of drug-likeness (QED) is 0.673. The highest BCUT2D eigenvalue weighted by Gasteiger charge is 2.30. The first-order valence-electron chi connectivity index (χ1n) is 12.3. The summed E-state index contributed by atoms with van der Waals surface area (Å²) in [5.74, 6) is 0.804. The SMILES string of the molecule is O=C(NC1CCCCCCC1)C1CCC(CNc2c(N3CCOCC3)c(=O)c2=O)CC1. The van der Waals surface area contributed by atoms with Gasteiger partial charge in [0.2, 0.25) is 5.91 Å². The molecule has 7 nitrogen and oxygen atoms in total. The number of ether oxygens (including phenoxy) is 1. The zero-order valence-corrected chi connectivity index (χ0v) is 18.6. The highest BCUT2D eigenvalue weighted by molar-refractivity contribution is 5.79. The molecule has 0 spiro atoms. The van der Waals surface area contributed by atoms with E-state index in [9.17, 15) is 14.4 Å². The summed E-state index contributed by atoms with van der Waals surface area (Å²) < 4.78 is 5.35. The van der Waals surface area contributed by atoms with Crippen LogP contribution in [0.15, 0.2) is 9.59 Å². The molecule has 1 saturated heterocycles. The molecule has 1 heterocycles. The van der Waals surface area contributed by atoms with E-state index in [2.05, 4.69) is 10.6 Å². The lowest BCUT2D eigenvalue weighted by molar-refractivity contribution is -0.127. The first kappa shape index (κ1) is 22.3. The van der Waals surface area contributed by atoms with Gasteiger partial charge in [-0.05, 0) is 44.4 Å². The molecule has 2 N–H and O–H groups in total. The van der Waals surface area contributed by atoms with Gasteiger partial charge in [0.25, 0.3) is 10.9 Å². The summed E-state index contributed by atoms with van der Waals surface area (Å²) in [5.41, 5.74) is 0.254. The molecule has 0 aromatic heterocycles. The van der Waals surface area contributed by atoms with Crippen molar-refractivity contribution in [2.24, 2.45) is 11.8 Å². The summed E-state index contributed by atoms with van der Waals surface area (Å²) in [5, 5.41) is 6.60. The van der Waals surface area contributed by atoms with Gasteiger partial charge in [-0.1, -0.05) is 32.1 Å². The molecule has 3 aliphatic rings. The highest BCUT2D eigenvalue weighted by Crippen LogP contribution is 2.30. The van der Waals surface area contributed by atoms with Gasteiger partial charge >= 0.3 is 0 Å². The average molecular weight is 432 g/mol. The molecule has 1 aliphatic heterocycles. The largest absolute Gasteiger partial charge is 0.380 e. The fourth-order valence-corrected chi connectivity index (χ4v) is 5.43. The molecule has 7 heteroatoms. The molecule has 31 heavy (non-hydrogen) atoms. The normalized spacial score (nSPS) is 26.3. The summed E-state index contributed by atoms with van der Waals surface area (Å²) in [6.07, 6.45) is 12.4. The van der Waals surface area contributed by atoms with Crippen LogP contribution in [0.1, 0.15) is 70.6 Å². The number of hydrogen-bond donors (Lipinski definition) is 2. The Bertz CT molecular complexity index is 794. The van der Waals surface area contributed by atoms with Crippen LogP contribution in [0, 0.1) is 11.8 Å². The molecule has 172 valence electrons. The van der Waals surface area contributed by atoms with Crippen molar-refractivity contribution in [3.8, 4) is 0 Å². The van der Waals surface area contributed by atoms with E-state index in [4.69, 9.17) is 4.74 Å². The van der Waals surface area contributed by atoms with Crippen molar-refractivity contribution in [2.45, 2.75) is 76.7 Å². The molecule has 0 unspecified atom stereocenters. The Morgan fingerprint density at radius 1 is 0.871 bits per heavy atom. The highest BCUT2D eigenvalue weighted by atomic mass is 16.5. The molecule has 4 rings (SSSR count). The van der Waals surface area contributed by atoms with Gasteiger partial charge in [0.1, 0.15) is 11.4 Å². The summed E-state index contributed by atoms with van der Waals surface area (Å²) in [7, 11) is 0. The van der Waals surface area contributed by atoms with Crippen molar-refractivity contribution >= 4 is 17.3 Å². The maximum atomic E-state index is 12.8. The lowest BCUT2D eigenvalue weighted by Crippen LogP contribution is -2.47. The van der Waals surface area contributed by atoms with E-state index in [0.717, 1.165) is 38.5 Å². The molecule has 0 radical (unpaired) electrons. The van der Waals surface area contributed by atoms with Gasteiger partial charge in [-0.2, -0.15) is 0 Å². The maximum Gasteiger partial charge on any atom is 0.253 e. The second-order valence-corrected chi connectivity index (χ2v) is 9.63. The summed E-state index contributed by atoms with van der Waals surface area (Å²) in [4.78, 5) is 38.9. The average Bonchev–Trinajstić information content (AvgIpc) is 2.78. The Morgan fingerprint density at radius 3 is 2.19 bits per heavy atom. The molecule has 1 aromatic rings. The first-order chi connectivity index (χ1) is 15.1. The third kappa shape index (κ3) is 5.48. The second kappa shape index (κ2) is 10.6. The molecule has 2 saturated carbocycles. The number of anilines is 2. The van der Waals surface area contributed by atoms with E-state index >= 15 is 0 Å². The molecule has 2 aliphatic carbocycles. The lowest BCUT2D eigenvalue weighted by atomic mass is 9.81. The maximum absolute atomic E-state index is 12.8. The number of nitrogens with zero attached hydrogens (tertiary/aromatic N) is 1. The van der Waals surface area contributed by atoms with E-state index in [1.807, 2.05) is 4.90 Å². The third-order valence-electron chi connectivity index (χ3n) is 7.45. The van der Waals surface area contributed by atoms with E-state index in [0.29, 0.717) is 56.2 Å². The Labute approximate surface area is 184 Å². The van der Waals surface area contributed by atoms with E-state index < -0.39 is 5.43 Å². The van der Waals surface area contributed by atoms with Crippen molar-refractivity contribution in [1.29, 1.82) is 0 Å². The number of rotatable bonds is 6. The molecular weight excluding hydrogens is 394 g/mol. The number of nitrogens with one attached hydrogen (secondary N) is 2. The zero-order valence-electron chi connectivity index (χ0n) is 18.6. The zero-order chi connectivity index (χ0) is 21.6. The van der Waals surface area contributed by atoms with Gasteiger partial charge in [-0.25, -0.2) is 0 Å². The standard InChI is InChI=1S/C24H37N3O4/c28-22-20(21(23(22)29)27-12-14-31-15-13-27)25-16-17-8-10-18(11-9-17)24(30)26-19-6-4-2-1-3-5-7-19/h17-19,25H,1-16H2,(H,26,30). The van der Waals surface area contributed by atoms with Crippen molar-refractivity contribution in [3.63, 3.8) is 0 Å². The van der Waals surface area contributed by atoms with Gasteiger partial charge in [-0.3, -0.25) is 14.4 Å². The van der Waals surface area contributed by atoms with Gasteiger partial charge in [-0.15, -0.1) is 0 Å². The summed E-state index contributed by atoms with van der Waals surface area (Å²) in [6, 6.07) is 0.361. The van der Waals surface area contributed by atoms with Crippen molar-refractivity contribution in [2.75, 3.05) is 43.1 Å². The lowest BCUT2D eigenvalue weighted by Gasteiger charge is -2.32. The first-order valence-corrected chi connectivity index (χ1v) is 12.3. The minimum Gasteiger partial charge on any atom is -0.380 e. The van der Waals surface area contributed by atoms with Crippen LogP contribution in [-0.4, -0.2) is 44.8 Å². The van der Waals surface area contributed by atoms with Crippen LogP contribution in [0.2, 0.25) is 0 Å². The molecule has 1 amide bonds. The molecule has 0 atom stereocenters. The fraction of sp³-hybridized carbons (Fsp3) is 0.792. The molecule has 1 aromatic carbocycles. The van der Waals surface area contributed by atoms with Crippen LogP contribution in [-0.2, 0) is 9.53 Å². The van der Waals surface area contributed by atoms with E-state index in [1.54, 1.807) is 0 Å². The number of hydrogen-bond acceptors (Lipinski definition) is 6. The molecule has 3 fully saturated rings. The van der Waals surface area contributed by atoms with Gasteiger partial charge in [0.05, 0.1) is 13.2 Å². The predicted molar refractivity (Wildman–Crippen MR) is 123 cm³/mol. The van der Waals surface area contributed by atoms with Crippen molar-refractivity contribution in [3.05, 3.63) is 20.4 Å². The van der Waals surface area contributed by atoms with Crippen molar-refractivity contribution < 1.29 is 9.53 Å². The topological polar surface area (TPSA) is 87.7 Å². The van der Waals surface area contributed by atoms with Crippen LogP contribution in [0.3, 0.4) is 0 Å². The molecule has 0 bridgehead atoms. The minimum absolute atomic E-state index is 0.122. The Hall–Kier alpha value is -1.89. The third-order valence-corrected chi connectivity index (χ3v) is 7.45. The predicted octanol–water partition coefficient (Wildman–Crippen LogP) is 2.57. The van der Waals surface area contributed by atoms with Crippen LogP contribution in [0.5, 0.6) is 0 Å². The summed E-state index contributed by atoms with van der Waals surface area (Å²) in [6.45, 7) is 3.18. The Balaban J connectivity index is 1.22. The van der Waals surface area contributed by atoms with Crippen LogP contribution >= 0.6 is 0 Å². The number of carbonyl (C=O) groups excluding carboxylic acids is 1. The number of morpholine rings is 1.